The van der Waals surface area contributed by atoms with Crippen LogP contribution in [0, 0.1) is 35.5 Å². The Bertz CT molecular complexity index is 1110. The highest BCUT2D eigenvalue weighted by Crippen LogP contribution is 2.55. The van der Waals surface area contributed by atoms with E-state index >= 15 is 0 Å². The average Bonchev–Trinajstić information content (AvgIpc) is 3.73. The Labute approximate surface area is 281 Å². The van der Waals surface area contributed by atoms with E-state index < -0.39 is 59.6 Å². The van der Waals surface area contributed by atoms with Crippen LogP contribution in [0.15, 0.2) is 0 Å². The highest BCUT2D eigenvalue weighted by Gasteiger charge is 2.62. The number of carbonyl (C=O) groups is 1. The summed E-state index contributed by atoms with van der Waals surface area (Å²) in [6.45, 7) is 15.6. The number of methoxy groups -OCH3 is 1. The Hall–Kier alpha value is -0.890. The van der Waals surface area contributed by atoms with Gasteiger partial charge in [0.2, 0.25) is 0 Å². The van der Waals surface area contributed by atoms with Crippen LogP contribution in [0.25, 0.3) is 0 Å². The van der Waals surface area contributed by atoms with Crippen LogP contribution in [0.2, 0.25) is 0 Å². The predicted octanol–water partition coefficient (Wildman–Crippen LogP) is 4.27. The molecule has 0 aromatic heterocycles. The fourth-order valence-electron chi connectivity index (χ4n) is 9.91. The average molecular weight is 671 g/mol. The normalized spacial score (nSPS) is 50.9. The Kier molecular flexibility index (Phi) is 10.9. The summed E-state index contributed by atoms with van der Waals surface area (Å²) < 4.78 is 39.4. The molecule has 47 heavy (non-hydrogen) atoms. The van der Waals surface area contributed by atoms with Crippen LogP contribution >= 0.6 is 0 Å². The Morgan fingerprint density at radius 2 is 1.72 bits per heavy atom. The van der Waals surface area contributed by atoms with Crippen molar-refractivity contribution in [1.29, 1.82) is 0 Å². The van der Waals surface area contributed by atoms with Gasteiger partial charge >= 0.3 is 5.97 Å². The number of aliphatic hydroxyl groups excluding tert-OH is 2. The molecule has 5 rings (SSSR count). The van der Waals surface area contributed by atoms with Gasteiger partial charge in [0.15, 0.2) is 11.6 Å². The molecule has 5 heterocycles. The van der Waals surface area contributed by atoms with Gasteiger partial charge in [0.05, 0.1) is 66.5 Å². The summed E-state index contributed by atoms with van der Waals surface area (Å²) in [6, 6.07) is 0. The summed E-state index contributed by atoms with van der Waals surface area (Å²) in [5, 5.41) is 41.8. The van der Waals surface area contributed by atoms with Gasteiger partial charge in [0.1, 0.15) is 0 Å². The summed E-state index contributed by atoms with van der Waals surface area (Å²) in [5.74, 6) is -4.52. The molecule has 17 atom stereocenters. The molecule has 0 bridgehead atoms. The van der Waals surface area contributed by atoms with E-state index in [1.807, 2.05) is 20.8 Å². The van der Waals surface area contributed by atoms with Crippen LogP contribution < -0.4 is 0 Å². The zero-order chi connectivity index (χ0) is 34.7. The molecule has 11 nitrogen and oxygen atoms in total. The first-order valence-corrected chi connectivity index (χ1v) is 18.1. The molecule has 1 spiro atoms. The quantitative estimate of drug-likeness (QED) is 0.264. The summed E-state index contributed by atoms with van der Waals surface area (Å²) in [5.41, 5.74) is -1.15. The number of carboxylic acid groups (broad SMARTS) is 1. The first kappa shape index (κ1) is 37.4. The zero-order valence-corrected chi connectivity index (χ0v) is 30.0. The third-order valence-corrected chi connectivity index (χ3v) is 13.0. The summed E-state index contributed by atoms with van der Waals surface area (Å²) in [4.78, 5) is 11.8. The molecule has 5 aliphatic rings. The topological polar surface area (TPSA) is 153 Å². The molecule has 5 aliphatic heterocycles. The molecule has 5 saturated heterocycles. The van der Waals surface area contributed by atoms with Crippen molar-refractivity contribution in [2.45, 2.75) is 172 Å². The van der Waals surface area contributed by atoms with Crippen molar-refractivity contribution < 1.29 is 53.6 Å². The van der Waals surface area contributed by atoms with E-state index in [2.05, 4.69) is 27.7 Å². The minimum atomic E-state index is -1.56. The number of hydrogen-bond acceptors (Lipinski definition) is 10. The molecule has 0 amide bonds. The maximum Gasteiger partial charge on any atom is 0.308 e. The minimum Gasteiger partial charge on any atom is -0.481 e. The molecule has 272 valence electrons. The SMILES string of the molecule is CC[C@@]1([C@@H]2O[C@@H]([C@H]3O[C@@](O)(CO)[C@H](C)C[C@@H]3C)C[C@@H]2C)CC[C@H]([C@]2(C)CC[C@]3(C[C@H](O)[C@@H](C)[C@@H]([C@@H](C)[C@H](OC)[C@@H](C)C(=O)O)O3)O2)O1. The van der Waals surface area contributed by atoms with Gasteiger partial charge in [-0.1, -0.05) is 41.5 Å². The molecule has 5 fully saturated rings. The van der Waals surface area contributed by atoms with Crippen molar-refractivity contribution in [3.05, 3.63) is 0 Å². The van der Waals surface area contributed by atoms with E-state index in [0.717, 1.165) is 32.1 Å². The summed E-state index contributed by atoms with van der Waals surface area (Å²) in [7, 11) is 1.52. The first-order valence-electron chi connectivity index (χ1n) is 18.1. The Morgan fingerprint density at radius 3 is 2.34 bits per heavy atom. The van der Waals surface area contributed by atoms with Crippen LogP contribution in [0.3, 0.4) is 0 Å². The summed E-state index contributed by atoms with van der Waals surface area (Å²) >= 11 is 0. The van der Waals surface area contributed by atoms with Gasteiger partial charge in [-0.25, -0.2) is 0 Å². The first-order chi connectivity index (χ1) is 22.0. The van der Waals surface area contributed by atoms with E-state index in [0.29, 0.717) is 19.3 Å². The third kappa shape index (κ3) is 6.67. The van der Waals surface area contributed by atoms with Crippen molar-refractivity contribution in [1.82, 2.24) is 0 Å². The monoisotopic (exact) mass is 670 g/mol. The summed E-state index contributed by atoms with van der Waals surface area (Å²) in [6.07, 6.45) is 2.99. The number of aliphatic hydroxyl groups is 3. The van der Waals surface area contributed by atoms with Crippen molar-refractivity contribution in [2.24, 2.45) is 35.5 Å². The number of carboxylic acids is 1. The molecular formula is C36H62O11. The highest BCUT2D eigenvalue weighted by atomic mass is 16.7. The lowest BCUT2D eigenvalue weighted by molar-refractivity contribution is -0.336. The van der Waals surface area contributed by atoms with Crippen molar-refractivity contribution in [3.63, 3.8) is 0 Å². The molecule has 11 heteroatoms. The van der Waals surface area contributed by atoms with Crippen LogP contribution in [0.4, 0.5) is 0 Å². The minimum absolute atomic E-state index is 0.153. The lowest BCUT2D eigenvalue weighted by atomic mass is 9.78. The van der Waals surface area contributed by atoms with Gasteiger partial charge in [-0.3, -0.25) is 4.79 Å². The van der Waals surface area contributed by atoms with Crippen molar-refractivity contribution >= 4 is 5.97 Å². The molecule has 0 radical (unpaired) electrons. The molecular weight excluding hydrogens is 608 g/mol. The van der Waals surface area contributed by atoms with E-state index in [9.17, 15) is 25.2 Å². The predicted molar refractivity (Wildman–Crippen MR) is 172 cm³/mol. The Morgan fingerprint density at radius 1 is 1.02 bits per heavy atom. The van der Waals surface area contributed by atoms with Gasteiger partial charge in [-0.2, -0.15) is 0 Å². The van der Waals surface area contributed by atoms with E-state index in [-0.39, 0.29) is 54.0 Å². The largest absolute Gasteiger partial charge is 0.481 e. The second-order valence-electron chi connectivity index (χ2n) is 16.3. The number of hydrogen-bond donors (Lipinski definition) is 4. The van der Waals surface area contributed by atoms with Gasteiger partial charge in [-0.05, 0) is 64.2 Å². The molecule has 0 aliphatic carbocycles. The van der Waals surface area contributed by atoms with E-state index in [1.165, 1.54) is 7.11 Å². The molecule has 0 unspecified atom stereocenters. The smallest absolute Gasteiger partial charge is 0.308 e. The van der Waals surface area contributed by atoms with Gasteiger partial charge in [0.25, 0.3) is 0 Å². The number of ether oxygens (including phenoxy) is 6. The highest BCUT2D eigenvalue weighted by molar-refractivity contribution is 5.70. The molecule has 0 aromatic carbocycles. The maximum atomic E-state index is 11.8. The lowest BCUT2D eigenvalue weighted by Crippen LogP contribution is -2.57. The molecule has 4 N–H and O–H groups in total. The second kappa shape index (κ2) is 13.7. The maximum absolute atomic E-state index is 11.8. The van der Waals surface area contributed by atoms with Crippen molar-refractivity contribution in [3.8, 4) is 0 Å². The van der Waals surface area contributed by atoms with E-state index in [4.69, 9.17) is 28.4 Å². The fraction of sp³-hybridized carbons (Fsp3) is 0.972. The standard InChI is InChI=1S/C36H62O11/c1-10-34(31-20(3)16-26(43-31)28-19(2)15-21(4)36(41,18-37)46-28)12-11-27(44-34)33(8)13-14-35(47-33)17-25(38)22(5)30(45-35)23(6)29(42-9)24(7)32(39)40/h19-31,37-38,41H,10-18H2,1-9H3,(H,39,40)/t19-,20-,21+,22+,23-,24+,25-,26+,27+,28-,29-,30-,31+,33-,34-,35+,36-/m0/s1. The van der Waals surface area contributed by atoms with Gasteiger partial charge < -0.3 is 48.8 Å². The number of rotatable bonds is 10. The van der Waals surface area contributed by atoms with E-state index in [1.54, 1.807) is 6.92 Å². The van der Waals surface area contributed by atoms with Crippen LogP contribution in [0.1, 0.15) is 107 Å². The molecule has 0 saturated carbocycles. The number of aliphatic carboxylic acids is 1. The van der Waals surface area contributed by atoms with Gasteiger partial charge in [-0.15, -0.1) is 0 Å². The fourth-order valence-corrected chi connectivity index (χ4v) is 9.91. The Balaban J connectivity index is 1.29. The van der Waals surface area contributed by atoms with Crippen molar-refractivity contribution in [2.75, 3.05) is 13.7 Å². The molecule has 0 aromatic rings. The van der Waals surface area contributed by atoms with Gasteiger partial charge in [0, 0.05) is 37.7 Å². The third-order valence-electron chi connectivity index (χ3n) is 13.0. The van der Waals surface area contributed by atoms with Crippen LogP contribution in [0.5, 0.6) is 0 Å². The van der Waals surface area contributed by atoms with Crippen LogP contribution in [-0.4, -0.2) is 106 Å². The van der Waals surface area contributed by atoms with Crippen LogP contribution in [-0.2, 0) is 33.2 Å². The second-order valence-corrected chi connectivity index (χ2v) is 16.3. The lowest BCUT2D eigenvalue weighted by Gasteiger charge is -2.49. The zero-order valence-electron chi connectivity index (χ0n) is 30.0.